The van der Waals surface area contributed by atoms with Gasteiger partial charge >= 0.3 is 5.97 Å². The molecule has 0 spiro atoms. The second kappa shape index (κ2) is 5.23. The third-order valence-electron chi connectivity index (χ3n) is 2.55. The molecule has 94 valence electrons. The van der Waals surface area contributed by atoms with Gasteiger partial charge in [-0.15, -0.1) is 11.6 Å². The third kappa shape index (κ3) is 2.38. The van der Waals surface area contributed by atoms with Gasteiger partial charge in [-0.2, -0.15) is 0 Å². The Bertz CT molecular complexity index is 635. The lowest BCUT2D eigenvalue weighted by molar-refractivity contribution is -0.142. The highest BCUT2D eigenvalue weighted by Crippen LogP contribution is 2.27. The number of aromatic nitrogens is 1. The fourth-order valence-corrected chi connectivity index (χ4v) is 2.03. The predicted octanol–water partition coefficient (Wildman–Crippen LogP) is 2.37. The highest BCUT2D eigenvalue weighted by atomic mass is 35.5. The summed E-state index contributed by atoms with van der Waals surface area (Å²) in [7, 11) is 0. The van der Waals surface area contributed by atoms with E-state index in [1.165, 1.54) is 6.07 Å². The fourth-order valence-electron chi connectivity index (χ4n) is 1.78. The highest BCUT2D eigenvalue weighted by Gasteiger charge is 2.21. The molecule has 0 saturated carbocycles. The van der Waals surface area contributed by atoms with E-state index in [0.29, 0.717) is 11.1 Å². The number of halogens is 1. The molecule has 1 unspecified atom stereocenters. The van der Waals surface area contributed by atoms with Crippen molar-refractivity contribution in [2.24, 2.45) is 0 Å². The molecule has 1 aromatic carbocycles. The first-order chi connectivity index (χ1) is 8.63. The van der Waals surface area contributed by atoms with Crippen molar-refractivity contribution < 1.29 is 9.53 Å². The Morgan fingerprint density at radius 2 is 2.17 bits per heavy atom. The Hall–Kier alpha value is -1.81. The molecule has 0 aliphatic carbocycles. The van der Waals surface area contributed by atoms with Crippen LogP contribution in [0.5, 0.6) is 0 Å². The SMILES string of the molecule is CCOC(=O)C(Cl)c1cc(=O)[nH]c2ccccc12. The number of fused-ring (bicyclic) bond motifs is 1. The van der Waals surface area contributed by atoms with Gasteiger partial charge < -0.3 is 9.72 Å². The van der Waals surface area contributed by atoms with E-state index in [1.54, 1.807) is 25.1 Å². The van der Waals surface area contributed by atoms with Crippen molar-refractivity contribution in [3.05, 3.63) is 46.2 Å². The van der Waals surface area contributed by atoms with Crippen molar-refractivity contribution in [2.75, 3.05) is 6.61 Å². The molecule has 2 rings (SSSR count). The van der Waals surface area contributed by atoms with Gasteiger partial charge in [-0.1, -0.05) is 18.2 Å². The molecule has 1 aromatic heterocycles. The van der Waals surface area contributed by atoms with Gasteiger partial charge in [0.1, 0.15) is 0 Å². The van der Waals surface area contributed by atoms with Gasteiger partial charge in [-0.05, 0) is 18.6 Å². The van der Waals surface area contributed by atoms with E-state index < -0.39 is 11.3 Å². The van der Waals surface area contributed by atoms with Gasteiger partial charge in [0, 0.05) is 17.0 Å². The molecule has 0 aliphatic rings. The zero-order valence-corrected chi connectivity index (χ0v) is 10.5. The maximum absolute atomic E-state index is 11.6. The highest BCUT2D eigenvalue weighted by molar-refractivity contribution is 6.30. The smallest absolute Gasteiger partial charge is 0.328 e. The average Bonchev–Trinajstić information content (AvgIpc) is 2.37. The summed E-state index contributed by atoms with van der Waals surface area (Å²) in [6, 6.07) is 8.51. The van der Waals surface area contributed by atoms with Gasteiger partial charge in [0.15, 0.2) is 5.38 Å². The van der Waals surface area contributed by atoms with Gasteiger partial charge in [-0.3, -0.25) is 9.59 Å². The molecule has 5 heteroatoms. The number of para-hydroxylation sites is 1. The minimum Gasteiger partial charge on any atom is -0.465 e. The van der Waals surface area contributed by atoms with E-state index in [4.69, 9.17) is 16.3 Å². The maximum Gasteiger partial charge on any atom is 0.328 e. The third-order valence-corrected chi connectivity index (χ3v) is 2.96. The standard InChI is InChI=1S/C13H12ClNO3/c1-2-18-13(17)12(14)9-7-11(16)15-10-6-4-3-5-8(9)10/h3-7,12H,2H2,1H3,(H,15,16). The Balaban J connectivity index is 2.56. The van der Waals surface area contributed by atoms with Crippen molar-refractivity contribution in [3.8, 4) is 0 Å². The van der Waals surface area contributed by atoms with Crippen LogP contribution in [0.3, 0.4) is 0 Å². The minimum absolute atomic E-state index is 0.253. The van der Waals surface area contributed by atoms with Crippen molar-refractivity contribution in [3.63, 3.8) is 0 Å². The molecule has 0 radical (unpaired) electrons. The summed E-state index contributed by atoms with van der Waals surface area (Å²) in [4.78, 5) is 25.8. The number of nitrogens with one attached hydrogen (secondary N) is 1. The number of hydrogen-bond donors (Lipinski definition) is 1. The predicted molar refractivity (Wildman–Crippen MR) is 69.8 cm³/mol. The number of carbonyl (C=O) groups excluding carboxylic acids is 1. The molecule has 0 bridgehead atoms. The number of benzene rings is 1. The molecule has 1 heterocycles. The number of esters is 1. The van der Waals surface area contributed by atoms with E-state index >= 15 is 0 Å². The second-order valence-electron chi connectivity index (χ2n) is 3.75. The zero-order chi connectivity index (χ0) is 13.1. The van der Waals surface area contributed by atoms with Gasteiger partial charge in [-0.25, -0.2) is 0 Å². The maximum atomic E-state index is 11.6. The largest absolute Gasteiger partial charge is 0.465 e. The monoisotopic (exact) mass is 265 g/mol. The summed E-state index contributed by atoms with van der Waals surface area (Å²) >= 11 is 6.06. The summed E-state index contributed by atoms with van der Waals surface area (Å²) in [5, 5.41) is -0.234. The van der Waals surface area contributed by atoms with Crippen molar-refractivity contribution in [2.45, 2.75) is 12.3 Å². The number of rotatable bonds is 3. The molecule has 1 atom stereocenters. The summed E-state index contributed by atoms with van der Waals surface area (Å²) < 4.78 is 4.86. The lowest BCUT2D eigenvalue weighted by Crippen LogP contribution is -2.15. The van der Waals surface area contributed by atoms with Crippen LogP contribution >= 0.6 is 11.6 Å². The van der Waals surface area contributed by atoms with Crippen LogP contribution in [-0.4, -0.2) is 17.6 Å². The number of H-pyrrole nitrogens is 1. The van der Waals surface area contributed by atoms with Crippen molar-refractivity contribution in [1.29, 1.82) is 0 Å². The lowest BCUT2D eigenvalue weighted by atomic mass is 10.1. The quantitative estimate of drug-likeness (QED) is 0.685. The number of carbonyl (C=O) groups is 1. The number of hydrogen-bond acceptors (Lipinski definition) is 3. The van der Waals surface area contributed by atoms with E-state index in [9.17, 15) is 9.59 Å². The number of alkyl halides is 1. The van der Waals surface area contributed by atoms with Crippen LogP contribution in [0, 0.1) is 0 Å². The van der Waals surface area contributed by atoms with Crippen molar-refractivity contribution in [1.82, 2.24) is 4.98 Å². The Morgan fingerprint density at radius 1 is 1.44 bits per heavy atom. The van der Waals surface area contributed by atoms with E-state index in [2.05, 4.69) is 4.98 Å². The van der Waals surface area contributed by atoms with Gasteiger partial charge in [0.05, 0.1) is 6.61 Å². The summed E-state index contributed by atoms with van der Waals surface area (Å²) in [5.41, 5.74) is 0.822. The Morgan fingerprint density at radius 3 is 2.89 bits per heavy atom. The topological polar surface area (TPSA) is 59.2 Å². The summed E-state index contributed by atoms with van der Waals surface area (Å²) in [6.07, 6.45) is 0. The van der Waals surface area contributed by atoms with E-state index in [-0.39, 0.29) is 12.2 Å². The number of aromatic amines is 1. The molecule has 2 aromatic rings. The first kappa shape index (κ1) is 12.6. The molecule has 18 heavy (non-hydrogen) atoms. The molecule has 0 fully saturated rings. The van der Waals surface area contributed by atoms with E-state index in [1.807, 2.05) is 6.07 Å². The number of pyridine rings is 1. The fraction of sp³-hybridized carbons (Fsp3) is 0.231. The van der Waals surface area contributed by atoms with Crippen LogP contribution in [0.1, 0.15) is 17.9 Å². The van der Waals surface area contributed by atoms with Crippen LogP contribution in [-0.2, 0) is 9.53 Å². The molecular weight excluding hydrogens is 254 g/mol. The van der Waals surface area contributed by atoms with Gasteiger partial charge in [0.2, 0.25) is 5.56 Å². The van der Waals surface area contributed by atoms with Gasteiger partial charge in [0.25, 0.3) is 0 Å². The van der Waals surface area contributed by atoms with Crippen LogP contribution < -0.4 is 5.56 Å². The van der Waals surface area contributed by atoms with Crippen LogP contribution in [0.4, 0.5) is 0 Å². The Labute approximate surface area is 109 Å². The van der Waals surface area contributed by atoms with E-state index in [0.717, 1.165) is 5.39 Å². The molecule has 4 nitrogen and oxygen atoms in total. The van der Waals surface area contributed by atoms with Crippen LogP contribution in [0.2, 0.25) is 0 Å². The Kier molecular flexibility index (Phi) is 3.67. The summed E-state index contributed by atoms with van der Waals surface area (Å²) in [5.74, 6) is -0.546. The van der Waals surface area contributed by atoms with Crippen LogP contribution in [0.15, 0.2) is 35.1 Å². The molecular formula is C13H12ClNO3. The molecule has 0 amide bonds. The van der Waals surface area contributed by atoms with Crippen molar-refractivity contribution >= 4 is 28.5 Å². The summed E-state index contributed by atoms with van der Waals surface area (Å²) in [6.45, 7) is 1.96. The first-order valence-corrected chi connectivity index (χ1v) is 5.99. The molecule has 1 N–H and O–H groups in total. The second-order valence-corrected chi connectivity index (χ2v) is 4.19. The lowest BCUT2D eigenvalue weighted by Gasteiger charge is -2.11. The minimum atomic E-state index is -0.975. The normalized spacial score (nSPS) is 12.3. The molecule has 0 saturated heterocycles. The first-order valence-electron chi connectivity index (χ1n) is 5.56. The molecule has 0 aliphatic heterocycles. The zero-order valence-electron chi connectivity index (χ0n) is 9.77. The number of ether oxygens (including phenoxy) is 1. The van der Waals surface area contributed by atoms with Crippen LogP contribution in [0.25, 0.3) is 10.9 Å². The average molecular weight is 266 g/mol.